The molecule has 3 nitrogen and oxygen atoms in total. The molecule has 1 aromatic carbocycles. The van der Waals surface area contributed by atoms with Crippen molar-refractivity contribution in [2.24, 2.45) is 0 Å². The minimum Gasteiger partial charge on any atom is -0.504 e. The Balaban J connectivity index is 2.44. The number of piperidine rings is 1. The van der Waals surface area contributed by atoms with Crippen molar-refractivity contribution in [1.29, 1.82) is 0 Å². The van der Waals surface area contributed by atoms with Gasteiger partial charge in [-0.05, 0) is 44.4 Å². The van der Waals surface area contributed by atoms with Crippen molar-refractivity contribution in [2.45, 2.75) is 32.6 Å². The summed E-state index contributed by atoms with van der Waals surface area (Å²) in [6.45, 7) is 6.06. The van der Waals surface area contributed by atoms with E-state index in [1.807, 2.05) is 6.92 Å². The van der Waals surface area contributed by atoms with Gasteiger partial charge in [0.1, 0.15) is 0 Å². The number of hydrogen-bond acceptors (Lipinski definition) is 3. The van der Waals surface area contributed by atoms with Gasteiger partial charge in [-0.2, -0.15) is 0 Å². The number of methoxy groups -OCH3 is 1. The number of phenols is 1. The fourth-order valence-corrected chi connectivity index (χ4v) is 2.84. The van der Waals surface area contributed by atoms with Crippen LogP contribution in [0.2, 0.25) is 0 Å². The van der Waals surface area contributed by atoms with E-state index in [0.29, 0.717) is 17.4 Å². The zero-order valence-corrected chi connectivity index (χ0v) is 10.8. The molecule has 1 saturated heterocycles. The van der Waals surface area contributed by atoms with Gasteiger partial charge in [-0.25, -0.2) is 0 Å². The molecule has 1 unspecified atom stereocenters. The van der Waals surface area contributed by atoms with Gasteiger partial charge >= 0.3 is 0 Å². The first-order valence-electron chi connectivity index (χ1n) is 6.23. The Hall–Kier alpha value is -1.22. The maximum absolute atomic E-state index is 10.3. The zero-order chi connectivity index (χ0) is 12.4. The zero-order valence-electron chi connectivity index (χ0n) is 10.8. The van der Waals surface area contributed by atoms with E-state index in [1.165, 1.54) is 6.42 Å². The Kier molecular flexibility index (Phi) is 3.57. The number of hydrogen-bond donors (Lipinski definition) is 2. The van der Waals surface area contributed by atoms with Crippen LogP contribution < -0.4 is 10.1 Å². The van der Waals surface area contributed by atoms with Crippen molar-refractivity contribution >= 4 is 0 Å². The summed E-state index contributed by atoms with van der Waals surface area (Å²) in [5.41, 5.74) is 3.21. The van der Waals surface area contributed by atoms with E-state index in [-0.39, 0.29) is 0 Å². The third-order valence-electron chi connectivity index (χ3n) is 3.60. The van der Waals surface area contributed by atoms with Crippen LogP contribution in [0, 0.1) is 13.8 Å². The molecule has 17 heavy (non-hydrogen) atoms. The molecule has 0 bridgehead atoms. The number of phenolic OH excluding ortho intramolecular Hbond substituents is 1. The molecule has 2 rings (SSSR count). The van der Waals surface area contributed by atoms with Crippen LogP contribution in [0.15, 0.2) is 6.07 Å². The van der Waals surface area contributed by atoms with E-state index in [4.69, 9.17) is 4.74 Å². The highest BCUT2D eigenvalue weighted by molar-refractivity contribution is 5.55. The van der Waals surface area contributed by atoms with Crippen LogP contribution in [0.25, 0.3) is 0 Å². The molecule has 1 aliphatic heterocycles. The Labute approximate surface area is 103 Å². The topological polar surface area (TPSA) is 41.5 Å². The Bertz CT molecular complexity index is 409. The third-order valence-corrected chi connectivity index (χ3v) is 3.60. The second-order valence-electron chi connectivity index (χ2n) is 4.85. The Morgan fingerprint density at radius 1 is 1.35 bits per heavy atom. The summed E-state index contributed by atoms with van der Waals surface area (Å²) in [7, 11) is 1.61. The second kappa shape index (κ2) is 4.96. The monoisotopic (exact) mass is 235 g/mol. The quantitative estimate of drug-likeness (QED) is 0.827. The van der Waals surface area contributed by atoms with Gasteiger partial charge in [0.15, 0.2) is 11.5 Å². The van der Waals surface area contributed by atoms with Crippen molar-refractivity contribution in [3.8, 4) is 11.5 Å². The average molecular weight is 235 g/mol. The van der Waals surface area contributed by atoms with Crippen molar-refractivity contribution in [3.63, 3.8) is 0 Å². The predicted molar refractivity (Wildman–Crippen MR) is 69.0 cm³/mol. The van der Waals surface area contributed by atoms with Gasteiger partial charge in [0.25, 0.3) is 0 Å². The van der Waals surface area contributed by atoms with Crippen molar-refractivity contribution in [1.82, 2.24) is 5.32 Å². The molecule has 1 fully saturated rings. The molecule has 1 aliphatic rings. The highest BCUT2D eigenvalue weighted by Crippen LogP contribution is 2.41. The summed E-state index contributed by atoms with van der Waals surface area (Å²) >= 11 is 0. The molecule has 1 atom stereocenters. The molecule has 0 aliphatic carbocycles. The van der Waals surface area contributed by atoms with Gasteiger partial charge in [-0.3, -0.25) is 0 Å². The van der Waals surface area contributed by atoms with Gasteiger partial charge in [0.2, 0.25) is 0 Å². The Morgan fingerprint density at radius 3 is 2.71 bits per heavy atom. The lowest BCUT2D eigenvalue weighted by Gasteiger charge is -2.26. The van der Waals surface area contributed by atoms with Gasteiger partial charge in [0, 0.05) is 18.0 Å². The summed E-state index contributed by atoms with van der Waals surface area (Å²) in [5.74, 6) is 1.35. The van der Waals surface area contributed by atoms with Crippen LogP contribution in [0.4, 0.5) is 0 Å². The second-order valence-corrected chi connectivity index (χ2v) is 4.85. The number of ether oxygens (including phenoxy) is 1. The molecule has 0 saturated carbocycles. The molecule has 2 N–H and O–H groups in total. The minimum absolute atomic E-state index is 0.332. The lowest BCUT2D eigenvalue weighted by atomic mass is 9.87. The summed E-state index contributed by atoms with van der Waals surface area (Å²) in [6.07, 6.45) is 2.30. The predicted octanol–water partition coefficient (Wildman–Crippen LogP) is 2.48. The van der Waals surface area contributed by atoms with E-state index >= 15 is 0 Å². The molecule has 0 spiro atoms. The number of aryl methyl sites for hydroxylation is 2. The molecule has 1 aromatic rings. The highest BCUT2D eigenvalue weighted by Gasteiger charge is 2.23. The first kappa shape index (κ1) is 12.2. The van der Waals surface area contributed by atoms with Gasteiger partial charge in [-0.15, -0.1) is 0 Å². The standard InChI is InChI=1S/C14H21NO2/c1-9-7-10(2)14(17-3)13(16)12(9)11-5-4-6-15-8-11/h7,11,15-16H,4-6,8H2,1-3H3. The molecule has 3 heteroatoms. The molecule has 0 amide bonds. The smallest absolute Gasteiger partial charge is 0.163 e. The van der Waals surface area contributed by atoms with Gasteiger partial charge in [-0.1, -0.05) is 6.07 Å². The van der Waals surface area contributed by atoms with Crippen LogP contribution in [-0.4, -0.2) is 25.3 Å². The number of rotatable bonds is 2. The number of aromatic hydroxyl groups is 1. The fraction of sp³-hybridized carbons (Fsp3) is 0.571. The first-order valence-corrected chi connectivity index (χ1v) is 6.23. The summed E-state index contributed by atoms with van der Waals surface area (Å²) < 4.78 is 5.29. The summed E-state index contributed by atoms with van der Waals surface area (Å²) in [6, 6.07) is 2.10. The molecule has 94 valence electrons. The highest BCUT2D eigenvalue weighted by atomic mass is 16.5. The SMILES string of the molecule is COc1c(C)cc(C)c(C2CCCNC2)c1O. The van der Waals surface area contributed by atoms with E-state index in [1.54, 1.807) is 7.11 Å². The van der Waals surface area contributed by atoms with Crippen molar-refractivity contribution in [2.75, 3.05) is 20.2 Å². The van der Waals surface area contributed by atoms with Crippen LogP contribution in [-0.2, 0) is 0 Å². The fourth-order valence-electron chi connectivity index (χ4n) is 2.84. The van der Waals surface area contributed by atoms with Crippen molar-refractivity contribution in [3.05, 3.63) is 22.8 Å². The van der Waals surface area contributed by atoms with E-state index in [0.717, 1.165) is 36.2 Å². The molecular weight excluding hydrogens is 214 g/mol. The summed E-state index contributed by atoms with van der Waals surface area (Å²) in [5, 5.41) is 13.7. The summed E-state index contributed by atoms with van der Waals surface area (Å²) in [4.78, 5) is 0. The number of benzene rings is 1. The average Bonchev–Trinajstić information content (AvgIpc) is 2.30. The maximum atomic E-state index is 10.3. The molecule has 0 aromatic heterocycles. The van der Waals surface area contributed by atoms with Gasteiger partial charge in [0.05, 0.1) is 7.11 Å². The molecular formula is C14H21NO2. The third kappa shape index (κ3) is 2.25. The van der Waals surface area contributed by atoms with Crippen LogP contribution in [0.1, 0.15) is 35.4 Å². The maximum Gasteiger partial charge on any atom is 0.163 e. The van der Waals surface area contributed by atoms with E-state index in [2.05, 4.69) is 18.3 Å². The van der Waals surface area contributed by atoms with Crippen LogP contribution >= 0.6 is 0 Å². The first-order chi connectivity index (χ1) is 8.15. The van der Waals surface area contributed by atoms with Crippen LogP contribution in [0.3, 0.4) is 0 Å². The lowest BCUT2D eigenvalue weighted by Crippen LogP contribution is -2.28. The lowest BCUT2D eigenvalue weighted by molar-refractivity contribution is 0.360. The molecule has 0 radical (unpaired) electrons. The Morgan fingerprint density at radius 2 is 2.12 bits per heavy atom. The van der Waals surface area contributed by atoms with E-state index < -0.39 is 0 Å². The molecule has 1 heterocycles. The largest absolute Gasteiger partial charge is 0.504 e. The van der Waals surface area contributed by atoms with Crippen molar-refractivity contribution < 1.29 is 9.84 Å². The number of nitrogens with one attached hydrogen (secondary N) is 1. The minimum atomic E-state index is 0.332. The van der Waals surface area contributed by atoms with Crippen LogP contribution in [0.5, 0.6) is 11.5 Å². The van der Waals surface area contributed by atoms with E-state index in [9.17, 15) is 5.11 Å². The van der Waals surface area contributed by atoms with Gasteiger partial charge < -0.3 is 15.2 Å². The normalized spacial score (nSPS) is 20.3.